The lowest BCUT2D eigenvalue weighted by Gasteiger charge is -2.24. The summed E-state index contributed by atoms with van der Waals surface area (Å²) in [4.78, 5) is 0. The summed E-state index contributed by atoms with van der Waals surface area (Å²) in [6, 6.07) is 0. The lowest BCUT2D eigenvalue weighted by molar-refractivity contribution is 0.193. The van der Waals surface area contributed by atoms with Crippen LogP contribution in [0.15, 0.2) is 21.7 Å². The van der Waals surface area contributed by atoms with E-state index in [1.165, 1.54) is 16.0 Å². The van der Waals surface area contributed by atoms with E-state index in [-0.39, 0.29) is 0 Å². The second-order valence-corrected chi connectivity index (χ2v) is 17.3. The molecule has 0 amide bonds. The largest absolute Gasteiger partial charge is 0.509 e. The standard InChI is InChI=1S/C13H24O2Si2/c1-16(2,3)12-9-7-15-8-10(9)13(11(12)14)17(4,5)6/h9,14H,7-8H2,1-6H3. The summed E-state index contributed by atoms with van der Waals surface area (Å²) in [5.74, 6) is 1.06. The molecule has 1 heterocycles. The molecule has 1 unspecified atom stereocenters. The van der Waals surface area contributed by atoms with Crippen molar-refractivity contribution in [2.45, 2.75) is 39.3 Å². The smallest absolute Gasteiger partial charge is 0.110 e. The van der Waals surface area contributed by atoms with Crippen LogP contribution in [-0.4, -0.2) is 34.5 Å². The number of aliphatic hydroxyl groups is 1. The van der Waals surface area contributed by atoms with E-state index in [1.807, 2.05) is 0 Å². The zero-order valence-corrected chi connectivity index (χ0v) is 13.8. The van der Waals surface area contributed by atoms with Crippen LogP contribution < -0.4 is 0 Å². The van der Waals surface area contributed by atoms with Gasteiger partial charge in [-0.1, -0.05) is 39.3 Å². The number of aliphatic hydroxyl groups excluding tert-OH is 1. The van der Waals surface area contributed by atoms with Gasteiger partial charge in [0, 0.05) is 5.92 Å². The average Bonchev–Trinajstić information content (AvgIpc) is 2.55. The molecule has 4 heteroatoms. The van der Waals surface area contributed by atoms with Crippen LogP contribution in [0, 0.1) is 5.92 Å². The normalized spacial score (nSPS) is 25.9. The summed E-state index contributed by atoms with van der Waals surface area (Å²) in [6.07, 6.45) is 0. The zero-order valence-electron chi connectivity index (χ0n) is 11.8. The second-order valence-electron chi connectivity index (χ2n) is 7.23. The molecule has 2 nitrogen and oxygen atoms in total. The summed E-state index contributed by atoms with van der Waals surface area (Å²) in [5.41, 5.74) is 1.40. The minimum absolute atomic E-state index is 0.406. The van der Waals surface area contributed by atoms with Crippen molar-refractivity contribution in [3.05, 3.63) is 21.7 Å². The van der Waals surface area contributed by atoms with E-state index in [1.54, 1.807) is 0 Å². The van der Waals surface area contributed by atoms with Crippen LogP contribution in [0.3, 0.4) is 0 Å². The van der Waals surface area contributed by atoms with Gasteiger partial charge in [-0.05, 0) is 16.0 Å². The van der Waals surface area contributed by atoms with Crippen molar-refractivity contribution < 1.29 is 9.84 Å². The fraction of sp³-hybridized carbons (Fsp3) is 0.692. The van der Waals surface area contributed by atoms with E-state index in [0.29, 0.717) is 11.7 Å². The maximum absolute atomic E-state index is 10.7. The Hall–Kier alpha value is -0.326. The molecular weight excluding hydrogens is 244 g/mol. The second kappa shape index (κ2) is 3.83. The van der Waals surface area contributed by atoms with E-state index in [2.05, 4.69) is 39.3 Å². The van der Waals surface area contributed by atoms with Crippen LogP contribution >= 0.6 is 0 Å². The third-order valence-electron chi connectivity index (χ3n) is 3.68. The van der Waals surface area contributed by atoms with Gasteiger partial charge in [0.15, 0.2) is 0 Å². The molecule has 1 N–H and O–H groups in total. The highest BCUT2D eigenvalue weighted by atomic mass is 28.3. The molecule has 1 atom stereocenters. The van der Waals surface area contributed by atoms with Gasteiger partial charge in [0.25, 0.3) is 0 Å². The van der Waals surface area contributed by atoms with Crippen molar-refractivity contribution in [2.24, 2.45) is 5.92 Å². The summed E-state index contributed by atoms with van der Waals surface area (Å²) in [5, 5.41) is 13.3. The molecule has 1 saturated heterocycles. The quantitative estimate of drug-likeness (QED) is 0.777. The molecular formula is C13H24O2Si2. The first-order valence-electron chi connectivity index (χ1n) is 6.39. The number of rotatable bonds is 2. The van der Waals surface area contributed by atoms with E-state index < -0.39 is 16.1 Å². The minimum Gasteiger partial charge on any atom is -0.509 e. The van der Waals surface area contributed by atoms with Crippen molar-refractivity contribution in [3.8, 4) is 0 Å². The van der Waals surface area contributed by atoms with Crippen molar-refractivity contribution >= 4 is 16.1 Å². The van der Waals surface area contributed by atoms with Gasteiger partial charge in [-0.2, -0.15) is 0 Å². The molecule has 0 aromatic heterocycles. The van der Waals surface area contributed by atoms with Gasteiger partial charge < -0.3 is 9.84 Å². The van der Waals surface area contributed by atoms with Crippen LogP contribution in [0.4, 0.5) is 0 Å². The number of allylic oxidation sites excluding steroid dienone is 1. The summed E-state index contributed by atoms with van der Waals surface area (Å²) >= 11 is 0. The van der Waals surface area contributed by atoms with Gasteiger partial charge in [0.05, 0.1) is 29.4 Å². The molecule has 0 aromatic carbocycles. The molecule has 17 heavy (non-hydrogen) atoms. The molecule has 0 spiro atoms. The molecule has 1 aliphatic carbocycles. The van der Waals surface area contributed by atoms with Gasteiger partial charge in [-0.3, -0.25) is 0 Å². The fourth-order valence-electron chi connectivity index (χ4n) is 3.16. The highest BCUT2D eigenvalue weighted by molar-refractivity contribution is 6.86. The van der Waals surface area contributed by atoms with Gasteiger partial charge in [0.2, 0.25) is 0 Å². The number of hydrogen-bond acceptors (Lipinski definition) is 2. The Labute approximate surface area is 106 Å². The van der Waals surface area contributed by atoms with Crippen LogP contribution in [0.5, 0.6) is 0 Å². The number of fused-ring (bicyclic) bond motifs is 1. The average molecular weight is 269 g/mol. The van der Waals surface area contributed by atoms with E-state index >= 15 is 0 Å². The third-order valence-corrected chi connectivity index (χ3v) is 7.94. The molecule has 96 valence electrons. The van der Waals surface area contributed by atoms with Crippen LogP contribution in [0.1, 0.15) is 0 Å². The molecule has 0 aromatic rings. The first-order valence-corrected chi connectivity index (χ1v) is 13.4. The molecule has 0 saturated carbocycles. The summed E-state index contributed by atoms with van der Waals surface area (Å²) < 4.78 is 5.65. The van der Waals surface area contributed by atoms with Gasteiger partial charge in [-0.25, -0.2) is 0 Å². The fourth-order valence-corrected chi connectivity index (χ4v) is 7.48. The van der Waals surface area contributed by atoms with E-state index in [4.69, 9.17) is 4.74 Å². The van der Waals surface area contributed by atoms with Crippen LogP contribution in [0.2, 0.25) is 39.3 Å². The van der Waals surface area contributed by atoms with Crippen molar-refractivity contribution in [1.82, 2.24) is 0 Å². The SMILES string of the molecule is C[Si](C)(C)C1=C2COCC2C([Si](C)(C)C)=C1O. The van der Waals surface area contributed by atoms with Crippen molar-refractivity contribution in [1.29, 1.82) is 0 Å². The zero-order chi connectivity index (χ0) is 13.0. The Morgan fingerprint density at radius 1 is 1.06 bits per heavy atom. The molecule has 1 fully saturated rings. The predicted molar refractivity (Wildman–Crippen MR) is 77.7 cm³/mol. The summed E-state index contributed by atoms with van der Waals surface area (Å²) in [7, 11) is -2.94. The Kier molecular flexibility index (Phi) is 2.96. The highest BCUT2D eigenvalue weighted by Gasteiger charge is 2.45. The number of ether oxygens (including phenoxy) is 1. The minimum atomic E-state index is -1.48. The Morgan fingerprint density at radius 2 is 1.65 bits per heavy atom. The third kappa shape index (κ3) is 2.06. The first-order chi connectivity index (χ1) is 7.64. The van der Waals surface area contributed by atoms with E-state index in [0.717, 1.165) is 13.2 Å². The highest BCUT2D eigenvalue weighted by Crippen LogP contribution is 2.46. The monoisotopic (exact) mass is 268 g/mol. The molecule has 0 radical (unpaired) electrons. The van der Waals surface area contributed by atoms with Crippen molar-refractivity contribution in [3.63, 3.8) is 0 Å². The number of hydrogen-bond donors (Lipinski definition) is 1. The molecule has 0 bridgehead atoms. The predicted octanol–water partition coefficient (Wildman–Crippen LogP) is 3.51. The molecule has 2 rings (SSSR count). The lowest BCUT2D eigenvalue weighted by atomic mass is 10.1. The van der Waals surface area contributed by atoms with Gasteiger partial charge in [0.1, 0.15) is 5.76 Å². The van der Waals surface area contributed by atoms with Crippen molar-refractivity contribution in [2.75, 3.05) is 13.2 Å². The Bertz CT molecular complexity index is 408. The summed E-state index contributed by atoms with van der Waals surface area (Å²) in [6.45, 7) is 15.4. The van der Waals surface area contributed by atoms with Gasteiger partial charge in [-0.15, -0.1) is 0 Å². The van der Waals surface area contributed by atoms with E-state index in [9.17, 15) is 5.11 Å². The molecule has 1 aliphatic heterocycles. The topological polar surface area (TPSA) is 29.5 Å². The van der Waals surface area contributed by atoms with Gasteiger partial charge >= 0.3 is 0 Å². The van der Waals surface area contributed by atoms with Crippen LogP contribution in [-0.2, 0) is 4.74 Å². The maximum Gasteiger partial charge on any atom is 0.110 e. The first kappa shape index (κ1) is 13.1. The molecule has 2 aliphatic rings. The maximum atomic E-state index is 10.7. The lowest BCUT2D eigenvalue weighted by Crippen LogP contribution is -2.30. The Morgan fingerprint density at radius 3 is 2.12 bits per heavy atom. The van der Waals surface area contributed by atoms with Crippen LogP contribution in [0.25, 0.3) is 0 Å². The Balaban J connectivity index is 2.56.